The number of anilines is 1. The van der Waals surface area contributed by atoms with Gasteiger partial charge in [-0.25, -0.2) is 13.1 Å². The van der Waals surface area contributed by atoms with E-state index in [1.54, 1.807) is 23.7 Å². The Morgan fingerprint density at radius 2 is 1.62 bits per heavy atom. The van der Waals surface area contributed by atoms with Gasteiger partial charge >= 0.3 is 0 Å². The van der Waals surface area contributed by atoms with Crippen molar-refractivity contribution in [2.75, 3.05) is 18.4 Å². The zero-order chi connectivity index (χ0) is 23.0. The number of amides is 1. The second kappa shape index (κ2) is 8.52. The van der Waals surface area contributed by atoms with Crippen molar-refractivity contribution in [2.45, 2.75) is 45.4 Å². The van der Waals surface area contributed by atoms with Crippen LogP contribution < -0.4 is 5.32 Å². The zero-order valence-corrected chi connectivity index (χ0v) is 19.7. The molecule has 168 valence electrons. The van der Waals surface area contributed by atoms with E-state index in [0.717, 1.165) is 29.8 Å². The van der Waals surface area contributed by atoms with Gasteiger partial charge < -0.3 is 5.32 Å². The highest BCUT2D eigenvalue weighted by Crippen LogP contribution is 2.26. The van der Waals surface area contributed by atoms with Crippen LogP contribution in [-0.4, -0.2) is 41.5 Å². The second-order valence-electron chi connectivity index (χ2n) is 8.34. The first kappa shape index (κ1) is 22.2. The number of hydrogen-bond acceptors (Lipinski definition) is 4. The lowest BCUT2D eigenvalue weighted by Gasteiger charge is -2.17. The summed E-state index contributed by atoms with van der Waals surface area (Å²) in [5, 5.41) is 7.54. The summed E-state index contributed by atoms with van der Waals surface area (Å²) in [5.74, 6) is -0.351. The topological polar surface area (TPSA) is 84.3 Å². The molecular weight excluding hydrogens is 424 g/mol. The molecule has 1 saturated heterocycles. The van der Waals surface area contributed by atoms with E-state index in [0.29, 0.717) is 35.6 Å². The molecule has 0 unspecified atom stereocenters. The summed E-state index contributed by atoms with van der Waals surface area (Å²) in [6.07, 6.45) is 1.73. The Morgan fingerprint density at radius 1 is 0.969 bits per heavy atom. The number of aromatic nitrogens is 2. The van der Waals surface area contributed by atoms with Crippen molar-refractivity contribution in [2.24, 2.45) is 0 Å². The van der Waals surface area contributed by atoms with Gasteiger partial charge in [-0.2, -0.15) is 9.40 Å². The summed E-state index contributed by atoms with van der Waals surface area (Å²) in [7, 11) is -3.60. The Hall–Kier alpha value is -2.97. The van der Waals surface area contributed by atoms with E-state index in [2.05, 4.69) is 10.4 Å². The molecule has 1 fully saturated rings. The van der Waals surface area contributed by atoms with Gasteiger partial charge in [0.2, 0.25) is 10.0 Å². The first-order chi connectivity index (χ1) is 15.2. The molecule has 1 amide bonds. The SMILES string of the molecule is Cc1ccc(-n2nc(C)c(NC(=O)c3cc(S(=O)(=O)N4CCCC4)ccc3C)c2C)cc1. The van der Waals surface area contributed by atoms with Crippen LogP contribution in [0.15, 0.2) is 47.4 Å². The van der Waals surface area contributed by atoms with E-state index in [1.165, 1.54) is 10.4 Å². The van der Waals surface area contributed by atoms with Gasteiger partial charge in [-0.05, 0) is 70.4 Å². The van der Waals surface area contributed by atoms with Crippen LogP contribution in [0.2, 0.25) is 0 Å². The molecule has 8 heteroatoms. The van der Waals surface area contributed by atoms with E-state index in [4.69, 9.17) is 0 Å². The van der Waals surface area contributed by atoms with Crippen molar-refractivity contribution < 1.29 is 13.2 Å². The highest BCUT2D eigenvalue weighted by molar-refractivity contribution is 7.89. The summed E-state index contributed by atoms with van der Waals surface area (Å²) in [6, 6.07) is 12.7. The molecule has 1 aliphatic rings. The van der Waals surface area contributed by atoms with E-state index in [9.17, 15) is 13.2 Å². The minimum Gasteiger partial charge on any atom is -0.319 e. The predicted octanol–water partition coefficient (Wildman–Crippen LogP) is 4.14. The molecular formula is C24H28N4O3S. The Labute approximate surface area is 189 Å². The third-order valence-corrected chi connectivity index (χ3v) is 7.86. The highest BCUT2D eigenvalue weighted by atomic mass is 32.2. The molecule has 3 aromatic rings. The molecule has 2 aromatic carbocycles. The van der Waals surface area contributed by atoms with Gasteiger partial charge in [-0.3, -0.25) is 4.79 Å². The van der Waals surface area contributed by atoms with Crippen LogP contribution in [0.4, 0.5) is 5.69 Å². The Bertz CT molecular complexity index is 1270. The fraction of sp³-hybridized carbons (Fsp3) is 0.333. The number of nitrogens with one attached hydrogen (secondary N) is 1. The molecule has 0 bridgehead atoms. The Kier molecular flexibility index (Phi) is 5.92. The van der Waals surface area contributed by atoms with Crippen LogP contribution in [0.25, 0.3) is 5.69 Å². The molecule has 0 radical (unpaired) electrons. The van der Waals surface area contributed by atoms with Crippen LogP contribution >= 0.6 is 0 Å². The lowest BCUT2D eigenvalue weighted by molar-refractivity contribution is 0.102. The maximum absolute atomic E-state index is 13.2. The normalized spacial score (nSPS) is 14.6. The lowest BCUT2D eigenvalue weighted by Crippen LogP contribution is -2.28. The molecule has 2 heterocycles. The standard InChI is InChI=1S/C24H28N4O3S/c1-16-7-10-20(11-8-16)28-19(4)23(18(3)26-28)25-24(29)22-15-21(12-9-17(22)2)32(30,31)27-13-5-6-14-27/h7-12,15H,5-6,13-14H2,1-4H3,(H,25,29). The number of sulfonamides is 1. The van der Waals surface area contributed by atoms with Crippen molar-refractivity contribution >= 4 is 21.6 Å². The maximum Gasteiger partial charge on any atom is 0.256 e. The van der Waals surface area contributed by atoms with E-state index >= 15 is 0 Å². The van der Waals surface area contributed by atoms with Crippen LogP contribution in [0.5, 0.6) is 0 Å². The molecule has 0 spiro atoms. The number of benzene rings is 2. The number of carbonyl (C=O) groups is 1. The monoisotopic (exact) mass is 452 g/mol. The summed E-state index contributed by atoms with van der Waals surface area (Å²) in [5.41, 5.74) is 5.24. The van der Waals surface area contributed by atoms with Gasteiger partial charge in [0.25, 0.3) is 5.91 Å². The number of hydrogen-bond donors (Lipinski definition) is 1. The summed E-state index contributed by atoms with van der Waals surface area (Å²) in [4.78, 5) is 13.3. The molecule has 1 aliphatic heterocycles. The lowest BCUT2D eigenvalue weighted by atomic mass is 10.1. The van der Waals surface area contributed by atoms with Gasteiger partial charge in [0.1, 0.15) is 0 Å². The average molecular weight is 453 g/mol. The highest BCUT2D eigenvalue weighted by Gasteiger charge is 2.28. The van der Waals surface area contributed by atoms with Crippen molar-refractivity contribution in [3.05, 3.63) is 70.5 Å². The third kappa shape index (κ3) is 4.08. The summed E-state index contributed by atoms with van der Waals surface area (Å²) < 4.78 is 29.2. The van der Waals surface area contributed by atoms with Crippen molar-refractivity contribution in [1.82, 2.24) is 14.1 Å². The smallest absolute Gasteiger partial charge is 0.256 e. The van der Waals surface area contributed by atoms with E-state index in [-0.39, 0.29) is 10.8 Å². The number of nitrogens with zero attached hydrogens (tertiary/aromatic N) is 3. The summed E-state index contributed by atoms with van der Waals surface area (Å²) in [6.45, 7) is 8.61. The number of aryl methyl sites for hydroxylation is 3. The van der Waals surface area contributed by atoms with Crippen LogP contribution in [0.3, 0.4) is 0 Å². The molecule has 1 aromatic heterocycles. The molecule has 4 rings (SSSR count). The van der Waals surface area contributed by atoms with Gasteiger partial charge in [0.05, 0.1) is 27.7 Å². The van der Waals surface area contributed by atoms with Crippen LogP contribution in [0.1, 0.15) is 45.7 Å². The minimum absolute atomic E-state index is 0.152. The Balaban J connectivity index is 1.64. The Morgan fingerprint density at radius 3 is 2.28 bits per heavy atom. The van der Waals surface area contributed by atoms with E-state index in [1.807, 2.05) is 45.0 Å². The van der Waals surface area contributed by atoms with Crippen molar-refractivity contribution in [3.63, 3.8) is 0 Å². The number of carbonyl (C=O) groups excluding carboxylic acids is 1. The molecule has 0 aliphatic carbocycles. The molecule has 7 nitrogen and oxygen atoms in total. The second-order valence-corrected chi connectivity index (χ2v) is 10.3. The van der Waals surface area contributed by atoms with Gasteiger partial charge in [0.15, 0.2) is 0 Å². The molecule has 0 atom stereocenters. The van der Waals surface area contributed by atoms with Gasteiger partial charge in [0, 0.05) is 18.7 Å². The average Bonchev–Trinajstić information content (AvgIpc) is 3.40. The fourth-order valence-corrected chi connectivity index (χ4v) is 5.57. The fourth-order valence-electron chi connectivity index (χ4n) is 4.03. The first-order valence-electron chi connectivity index (χ1n) is 10.7. The van der Waals surface area contributed by atoms with E-state index < -0.39 is 10.0 Å². The molecule has 32 heavy (non-hydrogen) atoms. The summed E-state index contributed by atoms with van der Waals surface area (Å²) >= 11 is 0. The van der Waals surface area contributed by atoms with Crippen molar-refractivity contribution in [1.29, 1.82) is 0 Å². The number of rotatable bonds is 5. The largest absolute Gasteiger partial charge is 0.319 e. The van der Waals surface area contributed by atoms with Crippen molar-refractivity contribution in [3.8, 4) is 5.69 Å². The maximum atomic E-state index is 13.2. The first-order valence-corrected chi connectivity index (χ1v) is 12.2. The van der Waals surface area contributed by atoms with Crippen LogP contribution in [-0.2, 0) is 10.0 Å². The minimum atomic E-state index is -3.60. The predicted molar refractivity (Wildman–Crippen MR) is 125 cm³/mol. The van der Waals surface area contributed by atoms with Gasteiger partial charge in [-0.15, -0.1) is 0 Å². The molecule has 0 saturated carbocycles. The van der Waals surface area contributed by atoms with Gasteiger partial charge in [-0.1, -0.05) is 23.8 Å². The zero-order valence-electron chi connectivity index (χ0n) is 18.8. The molecule has 1 N–H and O–H groups in total. The van der Waals surface area contributed by atoms with Crippen LogP contribution in [0, 0.1) is 27.7 Å². The third-order valence-electron chi connectivity index (χ3n) is 5.96. The quantitative estimate of drug-likeness (QED) is 0.630.